The van der Waals surface area contributed by atoms with Gasteiger partial charge in [-0.05, 0) is 51.5 Å². The molecule has 1 aliphatic heterocycles. The van der Waals surface area contributed by atoms with Crippen molar-refractivity contribution in [2.45, 2.75) is 52.1 Å². The van der Waals surface area contributed by atoms with Crippen LogP contribution in [0.3, 0.4) is 0 Å². The number of ether oxygens (including phenoxy) is 2. The lowest BCUT2D eigenvalue weighted by Crippen LogP contribution is -2.36. The Labute approximate surface area is 184 Å². The Bertz CT molecular complexity index is 872. The SMILES string of the molecule is CCN(CC)C(=O)CC1CCC(Oc2cc(N3CCOCC3)cc3nccnc23)CC1. The van der Waals surface area contributed by atoms with E-state index in [0.717, 1.165) is 87.5 Å². The fourth-order valence-corrected chi connectivity index (χ4v) is 4.71. The maximum atomic E-state index is 12.4. The maximum absolute atomic E-state index is 12.4. The van der Waals surface area contributed by atoms with Crippen molar-refractivity contribution in [1.82, 2.24) is 14.9 Å². The second kappa shape index (κ2) is 10.3. The van der Waals surface area contributed by atoms with Gasteiger partial charge in [0.05, 0.1) is 24.8 Å². The monoisotopic (exact) mass is 426 g/mol. The molecule has 0 spiro atoms. The standard InChI is InChI=1S/C24H34N4O3/c1-3-27(4-2)23(29)15-18-5-7-20(8-6-18)31-22-17-19(28-11-13-30-14-12-28)16-21-24(22)26-10-9-25-21/h9-10,16-18,20H,3-8,11-15H2,1-2H3. The molecule has 1 aromatic heterocycles. The molecular weight excluding hydrogens is 392 g/mol. The predicted molar refractivity (Wildman–Crippen MR) is 121 cm³/mol. The minimum absolute atomic E-state index is 0.157. The van der Waals surface area contributed by atoms with Gasteiger partial charge in [0.2, 0.25) is 5.91 Å². The van der Waals surface area contributed by atoms with E-state index in [4.69, 9.17) is 9.47 Å². The second-order valence-electron chi connectivity index (χ2n) is 8.50. The van der Waals surface area contributed by atoms with E-state index < -0.39 is 0 Å². The lowest BCUT2D eigenvalue weighted by molar-refractivity contribution is -0.132. The summed E-state index contributed by atoms with van der Waals surface area (Å²) in [6, 6.07) is 4.20. The summed E-state index contributed by atoms with van der Waals surface area (Å²) < 4.78 is 12.0. The fraction of sp³-hybridized carbons (Fsp3) is 0.625. The van der Waals surface area contributed by atoms with E-state index in [1.165, 1.54) is 0 Å². The molecule has 0 atom stereocenters. The lowest BCUT2D eigenvalue weighted by Gasteiger charge is -2.31. The van der Waals surface area contributed by atoms with Crippen LogP contribution < -0.4 is 9.64 Å². The molecule has 2 fully saturated rings. The summed E-state index contributed by atoms with van der Waals surface area (Å²) in [4.78, 5) is 25.8. The molecule has 168 valence electrons. The van der Waals surface area contributed by atoms with Crippen molar-refractivity contribution in [3.05, 3.63) is 24.5 Å². The van der Waals surface area contributed by atoms with Gasteiger partial charge in [0.25, 0.3) is 0 Å². The topological polar surface area (TPSA) is 67.8 Å². The number of morpholine rings is 1. The molecule has 2 aromatic rings. The van der Waals surface area contributed by atoms with E-state index in [0.29, 0.717) is 12.3 Å². The van der Waals surface area contributed by atoms with Gasteiger partial charge in [0, 0.05) is 56.7 Å². The maximum Gasteiger partial charge on any atom is 0.222 e. The Morgan fingerprint density at radius 3 is 2.52 bits per heavy atom. The molecule has 7 heteroatoms. The quantitative estimate of drug-likeness (QED) is 0.673. The molecule has 2 aliphatic rings. The molecule has 1 saturated carbocycles. The molecule has 1 saturated heterocycles. The van der Waals surface area contributed by atoms with Gasteiger partial charge < -0.3 is 19.3 Å². The number of fused-ring (bicyclic) bond motifs is 1. The van der Waals surface area contributed by atoms with Crippen LogP contribution >= 0.6 is 0 Å². The molecule has 31 heavy (non-hydrogen) atoms. The number of rotatable bonds is 7. The zero-order valence-corrected chi connectivity index (χ0v) is 18.8. The summed E-state index contributed by atoms with van der Waals surface area (Å²) in [7, 11) is 0. The average molecular weight is 427 g/mol. The largest absolute Gasteiger partial charge is 0.488 e. The van der Waals surface area contributed by atoms with Gasteiger partial charge in [-0.2, -0.15) is 0 Å². The van der Waals surface area contributed by atoms with Crippen molar-refractivity contribution < 1.29 is 14.3 Å². The Morgan fingerprint density at radius 1 is 1.10 bits per heavy atom. The van der Waals surface area contributed by atoms with Crippen LogP contribution in [0, 0.1) is 5.92 Å². The summed E-state index contributed by atoms with van der Waals surface area (Å²) in [5.41, 5.74) is 2.79. The first-order chi connectivity index (χ1) is 15.2. The third-order valence-electron chi connectivity index (χ3n) is 6.57. The number of benzene rings is 1. The minimum atomic E-state index is 0.157. The molecular formula is C24H34N4O3. The van der Waals surface area contributed by atoms with Crippen LogP contribution in [0.5, 0.6) is 5.75 Å². The van der Waals surface area contributed by atoms with E-state index in [9.17, 15) is 4.79 Å². The van der Waals surface area contributed by atoms with Crippen LogP contribution in [0.25, 0.3) is 11.0 Å². The third-order valence-corrected chi connectivity index (χ3v) is 6.57. The van der Waals surface area contributed by atoms with Crippen LogP contribution in [0.15, 0.2) is 24.5 Å². The normalized spacial score (nSPS) is 21.8. The summed E-state index contributed by atoms with van der Waals surface area (Å²) in [6.07, 6.45) is 8.28. The van der Waals surface area contributed by atoms with Crippen molar-refractivity contribution in [1.29, 1.82) is 0 Å². The highest BCUT2D eigenvalue weighted by atomic mass is 16.5. The molecule has 2 heterocycles. The number of hydrogen-bond acceptors (Lipinski definition) is 6. The Balaban J connectivity index is 1.42. The number of nitrogens with zero attached hydrogens (tertiary/aromatic N) is 4. The third kappa shape index (κ3) is 5.26. The average Bonchev–Trinajstić information content (AvgIpc) is 2.81. The molecule has 7 nitrogen and oxygen atoms in total. The van der Waals surface area contributed by atoms with Crippen LogP contribution in [-0.2, 0) is 9.53 Å². The molecule has 1 aliphatic carbocycles. The number of carbonyl (C=O) groups is 1. The van der Waals surface area contributed by atoms with E-state index >= 15 is 0 Å². The molecule has 0 N–H and O–H groups in total. The van der Waals surface area contributed by atoms with E-state index in [1.807, 2.05) is 18.7 Å². The van der Waals surface area contributed by atoms with Crippen LogP contribution in [0.1, 0.15) is 46.0 Å². The Kier molecular flexibility index (Phi) is 7.22. The van der Waals surface area contributed by atoms with E-state index in [-0.39, 0.29) is 12.0 Å². The summed E-state index contributed by atoms with van der Waals surface area (Å²) >= 11 is 0. The molecule has 0 radical (unpaired) electrons. The number of anilines is 1. The molecule has 0 bridgehead atoms. The zero-order valence-electron chi connectivity index (χ0n) is 18.8. The number of amides is 1. The first kappa shape index (κ1) is 21.8. The van der Waals surface area contributed by atoms with Crippen LogP contribution in [-0.4, -0.2) is 66.3 Å². The first-order valence-electron chi connectivity index (χ1n) is 11.7. The van der Waals surface area contributed by atoms with Crippen LogP contribution in [0.4, 0.5) is 5.69 Å². The van der Waals surface area contributed by atoms with Crippen molar-refractivity contribution >= 4 is 22.6 Å². The summed E-state index contributed by atoms with van der Waals surface area (Å²) in [6.45, 7) is 8.90. The highest BCUT2D eigenvalue weighted by Crippen LogP contribution is 2.34. The smallest absolute Gasteiger partial charge is 0.222 e. The van der Waals surface area contributed by atoms with Gasteiger partial charge in [-0.25, -0.2) is 4.98 Å². The molecule has 1 amide bonds. The molecule has 0 unspecified atom stereocenters. The van der Waals surface area contributed by atoms with Crippen molar-refractivity contribution in [2.75, 3.05) is 44.3 Å². The van der Waals surface area contributed by atoms with Gasteiger partial charge in [-0.15, -0.1) is 0 Å². The number of hydrogen-bond donors (Lipinski definition) is 0. The minimum Gasteiger partial charge on any atom is -0.488 e. The highest BCUT2D eigenvalue weighted by Gasteiger charge is 2.26. The van der Waals surface area contributed by atoms with Crippen molar-refractivity contribution in [3.8, 4) is 5.75 Å². The van der Waals surface area contributed by atoms with Crippen molar-refractivity contribution in [3.63, 3.8) is 0 Å². The van der Waals surface area contributed by atoms with E-state index in [1.54, 1.807) is 12.4 Å². The van der Waals surface area contributed by atoms with Gasteiger partial charge in [-0.1, -0.05) is 0 Å². The zero-order chi connectivity index (χ0) is 21.6. The summed E-state index contributed by atoms with van der Waals surface area (Å²) in [5.74, 6) is 1.56. The molecule has 1 aromatic carbocycles. The van der Waals surface area contributed by atoms with Gasteiger partial charge >= 0.3 is 0 Å². The van der Waals surface area contributed by atoms with Crippen LogP contribution in [0.2, 0.25) is 0 Å². The Morgan fingerprint density at radius 2 is 1.81 bits per heavy atom. The lowest BCUT2D eigenvalue weighted by atomic mass is 9.85. The fourth-order valence-electron chi connectivity index (χ4n) is 4.71. The Hall–Kier alpha value is -2.41. The van der Waals surface area contributed by atoms with E-state index in [2.05, 4.69) is 27.0 Å². The highest BCUT2D eigenvalue weighted by molar-refractivity contribution is 5.85. The predicted octanol–water partition coefficient (Wildman–Crippen LogP) is 3.66. The molecule has 4 rings (SSSR count). The van der Waals surface area contributed by atoms with Crippen molar-refractivity contribution in [2.24, 2.45) is 5.92 Å². The number of carbonyl (C=O) groups excluding carboxylic acids is 1. The summed E-state index contributed by atoms with van der Waals surface area (Å²) in [5, 5.41) is 0. The van der Waals surface area contributed by atoms with Gasteiger partial charge in [-0.3, -0.25) is 9.78 Å². The first-order valence-corrected chi connectivity index (χ1v) is 11.7. The van der Waals surface area contributed by atoms with Gasteiger partial charge in [0.1, 0.15) is 11.3 Å². The van der Waals surface area contributed by atoms with Gasteiger partial charge in [0.15, 0.2) is 0 Å². The second-order valence-corrected chi connectivity index (χ2v) is 8.50. The number of aromatic nitrogens is 2.